The lowest BCUT2D eigenvalue weighted by Gasteiger charge is -2.08. The van der Waals surface area contributed by atoms with Crippen LogP contribution in [0, 0.1) is 5.82 Å². The average Bonchev–Trinajstić information content (AvgIpc) is 2.77. The minimum Gasteiger partial charge on any atom is -0.381 e. The fourth-order valence-corrected chi connectivity index (χ4v) is 1.55. The van der Waals surface area contributed by atoms with Crippen molar-refractivity contribution in [2.75, 3.05) is 11.9 Å². The molecule has 0 atom stereocenters. The van der Waals surface area contributed by atoms with Gasteiger partial charge in [0.25, 0.3) is 0 Å². The van der Waals surface area contributed by atoms with E-state index in [-0.39, 0.29) is 5.02 Å². The smallest absolute Gasteiger partial charge is 0.164 e. The standard InChI is InChI=1S/C11H11ClFN3/c12-9-3-1-4-10(11(9)13)14-6-8-16-7-2-5-15-16/h1-5,7,14H,6,8H2. The summed E-state index contributed by atoms with van der Waals surface area (Å²) < 4.78 is 15.2. The molecule has 1 N–H and O–H groups in total. The van der Waals surface area contributed by atoms with Crippen LogP contribution in [0.4, 0.5) is 10.1 Å². The second-order valence-electron chi connectivity index (χ2n) is 3.30. The summed E-state index contributed by atoms with van der Waals surface area (Å²) in [5.41, 5.74) is 0.416. The Hall–Kier alpha value is -1.55. The maximum atomic E-state index is 13.5. The number of rotatable bonds is 4. The SMILES string of the molecule is Fc1c(Cl)cccc1NCCn1cccn1. The molecule has 0 unspecified atom stereocenters. The molecule has 0 aliphatic carbocycles. The second kappa shape index (κ2) is 4.99. The zero-order valence-electron chi connectivity index (χ0n) is 8.53. The maximum Gasteiger partial charge on any atom is 0.164 e. The van der Waals surface area contributed by atoms with Crippen LogP contribution in [0.1, 0.15) is 0 Å². The van der Waals surface area contributed by atoms with Crippen molar-refractivity contribution in [3.63, 3.8) is 0 Å². The zero-order valence-corrected chi connectivity index (χ0v) is 9.28. The highest BCUT2D eigenvalue weighted by Crippen LogP contribution is 2.21. The lowest BCUT2D eigenvalue weighted by Crippen LogP contribution is -2.11. The van der Waals surface area contributed by atoms with Crippen molar-refractivity contribution in [3.8, 4) is 0 Å². The molecular weight excluding hydrogens is 229 g/mol. The van der Waals surface area contributed by atoms with Gasteiger partial charge in [0, 0.05) is 18.9 Å². The van der Waals surface area contributed by atoms with E-state index in [2.05, 4.69) is 10.4 Å². The van der Waals surface area contributed by atoms with Crippen molar-refractivity contribution in [1.29, 1.82) is 0 Å². The number of nitrogens with zero attached hydrogens (tertiary/aromatic N) is 2. The fraction of sp³-hybridized carbons (Fsp3) is 0.182. The molecule has 0 fully saturated rings. The molecular formula is C11H11ClFN3. The van der Waals surface area contributed by atoms with E-state index in [1.165, 1.54) is 6.07 Å². The molecule has 0 bridgehead atoms. The van der Waals surface area contributed by atoms with E-state index in [1.54, 1.807) is 23.0 Å². The predicted molar refractivity (Wildman–Crippen MR) is 62.1 cm³/mol. The van der Waals surface area contributed by atoms with Gasteiger partial charge in [-0.2, -0.15) is 5.10 Å². The minimum atomic E-state index is -0.412. The summed E-state index contributed by atoms with van der Waals surface area (Å²) in [7, 11) is 0. The number of aromatic nitrogens is 2. The van der Waals surface area contributed by atoms with Crippen molar-refractivity contribution < 1.29 is 4.39 Å². The molecule has 0 amide bonds. The van der Waals surface area contributed by atoms with Crippen LogP contribution in [0.3, 0.4) is 0 Å². The van der Waals surface area contributed by atoms with Gasteiger partial charge < -0.3 is 5.32 Å². The van der Waals surface area contributed by atoms with Crippen LogP contribution >= 0.6 is 11.6 Å². The molecule has 0 saturated carbocycles. The number of halogens is 2. The van der Waals surface area contributed by atoms with Crippen LogP contribution < -0.4 is 5.32 Å². The molecule has 0 aliphatic rings. The number of hydrogen-bond acceptors (Lipinski definition) is 2. The second-order valence-corrected chi connectivity index (χ2v) is 3.70. The average molecular weight is 240 g/mol. The van der Waals surface area contributed by atoms with Crippen molar-refractivity contribution in [2.24, 2.45) is 0 Å². The van der Waals surface area contributed by atoms with Crippen molar-refractivity contribution >= 4 is 17.3 Å². The molecule has 16 heavy (non-hydrogen) atoms. The van der Waals surface area contributed by atoms with Crippen LogP contribution in [-0.4, -0.2) is 16.3 Å². The van der Waals surface area contributed by atoms with E-state index in [0.29, 0.717) is 18.8 Å². The quantitative estimate of drug-likeness (QED) is 0.889. The summed E-state index contributed by atoms with van der Waals surface area (Å²) in [6.07, 6.45) is 3.57. The molecule has 0 aliphatic heterocycles. The van der Waals surface area contributed by atoms with E-state index in [0.717, 1.165) is 0 Å². The third kappa shape index (κ3) is 2.52. The van der Waals surface area contributed by atoms with E-state index >= 15 is 0 Å². The Labute approximate surface area is 97.8 Å². The molecule has 2 aromatic rings. The Kier molecular flexibility index (Phi) is 3.41. The lowest BCUT2D eigenvalue weighted by atomic mass is 10.3. The Morgan fingerprint density at radius 3 is 3.00 bits per heavy atom. The van der Waals surface area contributed by atoms with Gasteiger partial charge in [-0.05, 0) is 18.2 Å². The lowest BCUT2D eigenvalue weighted by molar-refractivity contribution is 0.618. The van der Waals surface area contributed by atoms with Gasteiger partial charge in [-0.3, -0.25) is 4.68 Å². The van der Waals surface area contributed by atoms with Gasteiger partial charge in [-0.15, -0.1) is 0 Å². The first-order valence-electron chi connectivity index (χ1n) is 4.92. The molecule has 3 nitrogen and oxygen atoms in total. The number of nitrogens with one attached hydrogen (secondary N) is 1. The summed E-state index contributed by atoms with van der Waals surface area (Å²) in [4.78, 5) is 0. The van der Waals surface area contributed by atoms with Crippen LogP contribution in [0.25, 0.3) is 0 Å². The monoisotopic (exact) mass is 239 g/mol. The molecule has 0 spiro atoms. The van der Waals surface area contributed by atoms with Gasteiger partial charge in [0.15, 0.2) is 5.82 Å². The zero-order chi connectivity index (χ0) is 11.4. The first-order chi connectivity index (χ1) is 7.77. The van der Waals surface area contributed by atoms with Gasteiger partial charge in [0.2, 0.25) is 0 Å². The molecule has 5 heteroatoms. The first-order valence-corrected chi connectivity index (χ1v) is 5.30. The highest BCUT2D eigenvalue weighted by atomic mass is 35.5. The predicted octanol–water partition coefficient (Wildman–Crippen LogP) is 2.79. The Balaban J connectivity index is 1.92. The number of hydrogen-bond donors (Lipinski definition) is 1. The van der Waals surface area contributed by atoms with Gasteiger partial charge in [0.1, 0.15) is 0 Å². The van der Waals surface area contributed by atoms with Crippen molar-refractivity contribution in [3.05, 3.63) is 47.5 Å². The summed E-state index contributed by atoms with van der Waals surface area (Å²) >= 11 is 5.66. The number of benzene rings is 1. The Morgan fingerprint density at radius 2 is 2.25 bits per heavy atom. The van der Waals surface area contributed by atoms with E-state index < -0.39 is 5.82 Å². The summed E-state index contributed by atoms with van der Waals surface area (Å²) in [5, 5.41) is 7.14. The maximum absolute atomic E-state index is 13.5. The van der Waals surface area contributed by atoms with E-state index in [4.69, 9.17) is 11.6 Å². The highest BCUT2D eigenvalue weighted by molar-refractivity contribution is 6.31. The number of anilines is 1. The highest BCUT2D eigenvalue weighted by Gasteiger charge is 2.04. The van der Waals surface area contributed by atoms with Crippen LogP contribution in [0.15, 0.2) is 36.7 Å². The largest absolute Gasteiger partial charge is 0.381 e. The minimum absolute atomic E-state index is 0.129. The topological polar surface area (TPSA) is 29.9 Å². The Bertz CT molecular complexity index is 456. The third-order valence-electron chi connectivity index (χ3n) is 2.17. The van der Waals surface area contributed by atoms with Gasteiger partial charge in [-0.25, -0.2) is 4.39 Å². The molecule has 1 aromatic carbocycles. The summed E-state index contributed by atoms with van der Waals surface area (Å²) in [6, 6.07) is 6.74. The normalized spacial score (nSPS) is 10.4. The Morgan fingerprint density at radius 1 is 1.38 bits per heavy atom. The molecule has 84 valence electrons. The van der Waals surface area contributed by atoms with Gasteiger partial charge in [-0.1, -0.05) is 17.7 Å². The van der Waals surface area contributed by atoms with Crippen LogP contribution in [0.2, 0.25) is 5.02 Å². The van der Waals surface area contributed by atoms with Gasteiger partial charge >= 0.3 is 0 Å². The summed E-state index contributed by atoms with van der Waals surface area (Å²) in [5.74, 6) is -0.412. The fourth-order valence-electron chi connectivity index (χ4n) is 1.38. The van der Waals surface area contributed by atoms with Crippen LogP contribution in [-0.2, 0) is 6.54 Å². The first kappa shape index (κ1) is 11.0. The van der Waals surface area contributed by atoms with E-state index in [9.17, 15) is 4.39 Å². The van der Waals surface area contributed by atoms with Crippen molar-refractivity contribution in [2.45, 2.75) is 6.54 Å². The molecule has 1 heterocycles. The molecule has 2 rings (SSSR count). The van der Waals surface area contributed by atoms with Crippen LogP contribution in [0.5, 0.6) is 0 Å². The van der Waals surface area contributed by atoms with Gasteiger partial charge in [0.05, 0.1) is 17.3 Å². The molecule has 1 aromatic heterocycles. The molecule has 0 radical (unpaired) electrons. The third-order valence-corrected chi connectivity index (χ3v) is 2.46. The summed E-state index contributed by atoms with van der Waals surface area (Å²) in [6.45, 7) is 1.28. The van der Waals surface area contributed by atoms with E-state index in [1.807, 2.05) is 12.3 Å². The molecule has 0 saturated heterocycles. The van der Waals surface area contributed by atoms with Crippen molar-refractivity contribution in [1.82, 2.24) is 9.78 Å².